The van der Waals surface area contributed by atoms with E-state index in [4.69, 9.17) is 4.84 Å². The molecule has 0 aromatic heterocycles. The zero-order valence-corrected chi connectivity index (χ0v) is 11.8. The van der Waals surface area contributed by atoms with Crippen molar-refractivity contribution in [3.05, 3.63) is 59.7 Å². The highest BCUT2D eigenvalue weighted by Crippen LogP contribution is 2.25. The average Bonchev–Trinajstić information content (AvgIpc) is 2.55. The number of hydrogen-bond donors (Lipinski definition) is 3. The van der Waals surface area contributed by atoms with Crippen molar-refractivity contribution in [3.63, 3.8) is 0 Å². The van der Waals surface area contributed by atoms with Crippen LogP contribution in [-0.4, -0.2) is 18.4 Å². The van der Waals surface area contributed by atoms with E-state index in [0.717, 1.165) is 11.3 Å². The van der Waals surface area contributed by atoms with Crippen molar-refractivity contribution in [2.45, 2.75) is 6.61 Å². The monoisotopic (exact) mass is 297 g/mol. The van der Waals surface area contributed by atoms with Crippen molar-refractivity contribution in [1.82, 2.24) is 5.48 Å². The summed E-state index contributed by atoms with van der Waals surface area (Å²) in [5, 5.41) is 5.68. The molecular formula is C16H15N3O3. The molecule has 0 bridgehead atoms. The lowest BCUT2D eigenvalue weighted by Crippen LogP contribution is -2.28. The molecule has 1 aliphatic heterocycles. The van der Waals surface area contributed by atoms with Gasteiger partial charge in [0.05, 0.1) is 24.5 Å². The minimum absolute atomic E-state index is 0.101. The van der Waals surface area contributed by atoms with E-state index >= 15 is 0 Å². The Morgan fingerprint density at radius 1 is 1.14 bits per heavy atom. The quantitative estimate of drug-likeness (QED) is 0.753. The zero-order valence-electron chi connectivity index (χ0n) is 11.8. The second-order valence-corrected chi connectivity index (χ2v) is 4.87. The van der Waals surface area contributed by atoms with Crippen LogP contribution in [0.25, 0.3) is 0 Å². The SMILES string of the molecule is O=C1CNc2cc(C(=O)NOCc3ccccc3)ccc2N1. The molecule has 1 aliphatic rings. The summed E-state index contributed by atoms with van der Waals surface area (Å²) in [4.78, 5) is 28.5. The number of rotatable bonds is 4. The zero-order chi connectivity index (χ0) is 15.4. The molecule has 0 aliphatic carbocycles. The first kappa shape index (κ1) is 14.1. The fraction of sp³-hybridized carbons (Fsp3) is 0.125. The summed E-state index contributed by atoms with van der Waals surface area (Å²) < 4.78 is 0. The summed E-state index contributed by atoms with van der Waals surface area (Å²) in [6.45, 7) is 0.494. The summed E-state index contributed by atoms with van der Waals surface area (Å²) in [6.07, 6.45) is 0. The van der Waals surface area contributed by atoms with Gasteiger partial charge in [0.15, 0.2) is 0 Å². The minimum Gasteiger partial charge on any atom is -0.374 e. The lowest BCUT2D eigenvalue weighted by Gasteiger charge is -2.19. The third-order valence-corrected chi connectivity index (χ3v) is 3.24. The Hall–Kier alpha value is -2.86. The summed E-state index contributed by atoms with van der Waals surface area (Å²) in [7, 11) is 0. The molecule has 0 spiro atoms. The van der Waals surface area contributed by atoms with E-state index in [1.54, 1.807) is 18.2 Å². The maximum absolute atomic E-state index is 12.0. The molecule has 22 heavy (non-hydrogen) atoms. The summed E-state index contributed by atoms with van der Waals surface area (Å²) in [5.41, 5.74) is 5.22. The molecule has 0 unspecified atom stereocenters. The van der Waals surface area contributed by atoms with Crippen molar-refractivity contribution in [2.75, 3.05) is 17.2 Å². The Morgan fingerprint density at radius 2 is 1.95 bits per heavy atom. The number of hydroxylamine groups is 1. The van der Waals surface area contributed by atoms with Crippen molar-refractivity contribution in [3.8, 4) is 0 Å². The first-order valence-corrected chi connectivity index (χ1v) is 6.86. The Balaban J connectivity index is 1.59. The number of fused-ring (bicyclic) bond motifs is 1. The lowest BCUT2D eigenvalue weighted by molar-refractivity contribution is -0.114. The van der Waals surface area contributed by atoms with Crippen LogP contribution in [0.4, 0.5) is 11.4 Å². The molecule has 0 radical (unpaired) electrons. The average molecular weight is 297 g/mol. The summed E-state index contributed by atoms with van der Waals surface area (Å²) >= 11 is 0. The maximum atomic E-state index is 12.0. The van der Waals surface area contributed by atoms with Gasteiger partial charge in [-0.25, -0.2) is 5.48 Å². The van der Waals surface area contributed by atoms with E-state index < -0.39 is 0 Å². The number of anilines is 2. The largest absolute Gasteiger partial charge is 0.374 e. The lowest BCUT2D eigenvalue weighted by atomic mass is 10.1. The summed E-state index contributed by atoms with van der Waals surface area (Å²) in [6, 6.07) is 14.6. The van der Waals surface area contributed by atoms with Gasteiger partial charge in [0.2, 0.25) is 5.91 Å². The predicted molar refractivity (Wildman–Crippen MR) is 82.3 cm³/mol. The molecule has 112 valence electrons. The van der Waals surface area contributed by atoms with Gasteiger partial charge in [0, 0.05) is 5.56 Å². The van der Waals surface area contributed by atoms with Crippen molar-refractivity contribution >= 4 is 23.2 Å². The van der Waals surface area contributed by atoms with E-state index in [2.05, 4.69) is 16.1 Å². The topological polar surface area (TPSA) is 79.5 Å². The van der Waals surface area contributed by atoms with E-state index in [9.17, 15) is 9.59 Å². The highest BCUT2D eigenvalue weighted by molar-refractivity contribution is 6.03. The fourth-order valence-corrected chi connectivity index (χ4v) is 2.13. The van der Waals surface area contributed by atoms with Crippen LogP contribution in [0.1, 0.15) is 15.9 Å². The molecule has 3 rings (SSSR count). The Labute approximate surface area is 127 Å². The Bertz CT molecular complexity index is 701. The predicted octanol–water partition coefficient (Wildman–Crippen LogP) is 1.91. The van der Waals surface area contributed by atoms with Crippen LogP contribution in [0.2, 0.25) is 0 Å². The van der Waals surface area contributed by atoms with Gasteiger partial charge in [-0.15, -0.1) is 0 Å². The maximum Gasteiger partial charge on any atom is 0.274 e. The van der Waals surface area contributed by atoms with Gasteiger partial charge in [0.1, 0.15) is 0 Å². The van der Waals surface area contributed by atoms with Crippen LogP contribution in [0.3, 0.4) is 0 Å². The van der Waals surface area contributed by atoms with Gasteiger partial charge in [-0.3, -0.25) is 14.4 Å². The van der Waals surface area contributed by atoms with E-state index in [0.29, 0.717) is 17.9 Å². The van der Waals surface area contributed by atoms with Gasteiger partial charge in [0.25, 0.3) is 5.91 Å². The van der Waals surface area contributed by atoms with E-state index in [-0.39, 0.29) is 18.4 Å². The van der Waals surface area contributed by atoms with Crippen LogP contribution >= 0.6 is 0 Å². The smallest absolute Gasteiger partial charge is 0.274 e. The molecule has 2 aromatic rings. The van der Waals surface area contributed by atoms with Gasteiger partial charge in [-0.1, -0.05) is 30.3 Å². The van der Waals surface area contributed by atoms with Crippen LogP contribution in [0, 0.1) is 0 Å². The molecule has 1 heterocycles. The van der Waals surface area contributed by atoms with Crippen molar-refractivity contribution in [1.29, 1.82) is 0 Å². The molecule has 3 N–H and O–H groups in total. The molecule has 0 saturated carbocycles. The van der Waals surface area contributed by atoms with Crippen LogP contribution in [0.15, 0.2) is 48.5 Å². The number of carbonyl (C=O) groups excluding carboxylic acids is 2. The van der Waals surface area contributed by atoms with E-state index in [1.165, 1.54) is 0 Å². The molecule has 2 aromatic carbocycles. The molecule has 0 fully saturated rings. The highest BCUT2D eigenvalue weighted by atomic mass is 16.6. The second kappa shape index (κ2) is 6.28. The van der Waals surface area contributed by atoms with Crippen LogP contribution in [-0.2, 0) is 16.2 Å². The first-order valence-electron chi connectivity index (χ1n) is 6.86. The normalized spacial score (nSPS) is 12.8. The Kier molecular flexibility index (Phi) is 4.02. The van der Waals surface area contributed by atoms with Gasteiger partial charge in [-0.05, 0) is 23.8 Å². The summed E-state index contributed by atoms with van der Waals surface area (Å²) in [5.74, 6) is -0.437. The molecule has 2 amide bonds. The fourth-order valence-electron chi connectivity index (χ4n) is 2.13. The van der Waals surface area contributed by atoms with Gasteiger partial charge >= 0.3 is 0 Å². The minimum atomic E-state index is -0.336. The van der Waals surface area contributed by atoms with Gasteiger partial charge in [-0.2, -0.15) is 0 Å². The second-order valence-electron chi connectivity index (χ2n) is 4.87. The first-order chi connectivity index (χ1) is 10.7. The van der Waals surface area contributed by atoms with Crippen LogP contribution < -0.4 is 16.1 Å². The molecular weight excluding hydrogens is 282 g/mol. The molecule has 0 saturated heterocycles. The number of hydrogen-bond acceptors (Lipinski definition) is 4. The molecule has 6 nitrogen and oxygen atoms in total. The van der Waals surface area contributed by atoms with E-state index in [1.807, 2.05) is 30.3 Å². The number of amides is 2. The number of nitrogens with one attached hydrogen (secondary N) is 3. The highest BCUT2D eigenvalue weighted by Gasteiger charge is 2.16. The third kappa shape index (κ3) is 3.24. The van der Waals surface area contributed by atoms with Crippen molar-refractivity contribution < 1.29 is 14.4 Å². The standard InChI is InChI=1S/C16H15N3O3/c20-15-9-17-14-8-12(6-7-13(14)18-15)16(21)19-22-10-11-4-2-1-3-5-11/h1-8,17H,9-10H2,(H,18,20)(H,19,21). The Morgan fingerprint density at radius 3 is 2.77 bits per heavy atom. The third-order valence-electron chi connectivity index (χ3n) is 3.24. The molecule has 0 atom stereocenters. The molecule has 6 heteroatoms. The number of carbonyl (C=O) groups is 2. The number of benzene rings is 2. The van der Waals surface area contributed by atoms with Crippen molar-refractivity contribution in [2.24, 2.45) is 0 Å². The van der Waals surface area contributed by atoms with Crippen LogP contribution in [0.5, 0.6) is 0 Å². The van der Waals surface area contributed by atoms with Gasteiger partial charge < -0.3 is 10.6 Å².